The molecule has 0 bridgehead atoms. The molecule has 0 radical (unpaired) electrons. The highest BCUT2D eigenvalue weighted by Crippen LogP contribution is 2.55. The summed E-state index contributed by atoms with van der Waals surface area (Å²) >= 11 is 7.66. The molecule has 7 nitrogen and oxygen atoms in total. The predicted molar refractivity (Wildman–Crippen MR) is 139 cm³/mol. The van der Waals surface area contributed by atoms with Crippen LogP contribution in [-0.2, 0) is 32.5 Å². The van der Waals surface area contributed by atoms with E-state index in [1.807, 2.05) is 0 Å². The zero-order valence-corrected chi connectivity index (χ0v) is 22.2. The van der Waals surface area contributed by atoms with Crippen LogP contribution >= 0.6 is 34.7 Å². The van der Waals surface area contributed by atoms with Crippen molar-refractivity contribution < 1.29 is 27.6 Å². The molecule has 2 aliphatic rings. The van der Waals surface area contributed by atoms with Crippen molar-refractivity contribution in [1.82, 2.24) is 4.57 Å². The van der Waals surface area contributed by atoms with Crippen LogP contribution in [0.3, 0.4) is 0 Å². The van der Waals surface area contributed by atoms with Crippen molar-refractivity contribution in [3.63, 3.8) is 0 Å². The van der Waals surface area contributed by atoms with Crippen molar-refractivity contribution in [3.05, 3.63) is 73.7 Å². The number of amides is 3. The second kappa shape index (κ2) is 9.28. The van der Waals surface area contributed by atoms with E-state index in [1.54, 1.807) is 38.1 Å². The fourth-order valence-corrected chi connectivity index (χ4v) is 7.95. The average molecular weight is 582 g/mol. The third-order valence-electron chi connectivity index (χ3n) is 6.58. The molecule has 0 spiro atoms. The highest BCUT2D eigenvalue weighted by atomic mass is 35.5. The van der Waals surface area contributed by atoms with Gasteiger partial charge in [0.2, 0.25) is 17.7 Å². The lowest BCUT2D eigenvalue weighted by Gasteiger charge is -2.36. The monoisotopic (exact) mass is 581 g/mol. The summed E-state index contributed by atoms with van der Waals surface area (Å²) in [6.07, 6.45) is -4.77. The van der Waals surface area contributed by atoms with Gasteiger partial charge in [-0.25, -0.2) is 4.90 Å². The number of anilines is 2. The number of aromatic nitrogens is 1. The van der Waals surface area contributed by atoms with E-state index in [0.717, 1.165) is 35.2 Å². The number of benzene rings is 2. The van der Waals surface area contributed by atoms with Crippen LogP contribution in [0.25, 0.3) is 0 Å². The Kier molecular flexibility index (Phi) is 6.48. The summed E-state index contributed by atoms with van der Waals surface area (Å²) < 4.78 is 42.3. The number of carbonyl (C=O) groups excluding carboxylic acids is 3. The molecule has 0 unspecified atom stereocenters. The number of carbonyl (C=O) groups is 3. The van der Waals surface area contributed by atoms with E-state index in [4.69, 9.17) is 11.6 Å². The lowest BCUT2D eigenvalue weighted by molar-refractivity contribution is -0.137. The number of thiazole rings is 1. The lowest BCUT2D eigenvalue weighted by atomic mass is 9.76. The maximum absolute atomic E-state index is 13.7. The Morgan fingerprint density at radius 3 is 2.37 bits per heavy atom. The Morgan fingerprint density at radius 2 is 1.71 bits per heavy atom. The SMILES string of the molecule is CC1(C)c2sc(=O)n(CC(=O)Nc3ccc(Cl)cc3)c2S[C@@H]2C(=O)N(c3ccccc3C(F)(F)F)C(=O)[C@@H]21. The van der Waals surface area contributed by atoms with Gasteiger partial charge in [-0.05, 0) is 36.4 Å². The van der Waals surface area contributed by atoms with Crippen molar-refractivity contribution in [2.45, 2.75) is 42.3 Å². The number of hydrogen-bond acceptors (Lipinski definition) is 6. The quantitative estimate of drug-likeness (QED) is 0.430. The van der Waals surface area contributed by atoms with Gasteiger partial charge in [-0.15, -0.1) is 0 Å². The van der Waals surface area contributed by atoms with Gasteiger partial charge in [0.1, 0.15) is 11.8 Å². The average Bonchev–Trinajstić information content (AvgIpc) is 3.29. The topological polar surface area (TPSA) is 88.5 Å². The molecule has 5 rings (SSSR count). The molecule has 38 heavy (non-hydrogen) atoms. The minimum Gasteiger partial charge on any atom is -0.325 e. The largest absolute Gasteiger partial charge is 0.418 e. The molecule has 0 aliphatic carbocycles. The van der Waals surface area contributed by atoms with Gasteiger partial charge in [0.25, 0.3) is 0 Å². The minimum absolute atomic E-state index is 0.351. The molecule has 0 saturated carbocycles. The zero-order chi connectivity index (χ0) is 27.6. The van der Waals surface area contributed by atoms with Crippen LogP contribution in [0.4, 0.5) is 24.5 Å². The lowest BCUT2D eigenvalue weighted by Crippen LogP contribution is -2.42. The smallest absolute Gasteiger partial charge is 0.325 e. The maximum Gasteiger partial charge on any atom is 0.418 e. The Labute approximate surface area is 227 Å². The maximum atomic E-state index is 13.7. The molecule has 1 aromatic heterocycles. The molecule has 2 aliphatic heterocycles. The Balaban J connectivity index is 1.49. The molecule has 3 heterocycles. The van der Waals surface area contributed by atoms with Gasteiger partial charge in [-0.1, -0.05) is 60.7 Å². The second-order valence-electron chi connectivity index (χ2n) is 9.41. The third kappa shape index (κ3) is 4.34. The molecular formula is C25H19ClF3N3O4S2. The van der Waals surface area contributed by atoms with E-state index in [-0.39, 0.29) is 6.54 Å². The number of fused-ring (bicyclic) bond motifs is 2. The molecule has 13 heteroatoms. The number of nitrogens with zero attached hydrogens (tertiary/aromatic N) is 2. The summed E-state index contributed by atoms with van der Waals surface area (Å²) in [5, 5.41) is 2.45. The summed E-state index contributed by atoms with van der Waals surface area (Å²) in [6.45, 7) is 3.01. The summed E-state index contributed by atoms with van der Waals surface area (Å²) in [4.78, 5) is 53.3. The number of para-hydroxylation sites is 1. The van der Waals surface area contributed by atoms with Gasteiger partial charge < -0.3 is 5.32 Å². The van der Waals surface area contributed by atoms with E-state index < -0.39 is 56.6 Å². The normalized spacial score (nSPS) is 20.3. The van der Waals surface area contributed by atoms with Gasteiger partial charge in [-0.2, -0.15) is 13.2 Å². The van der Waals surface area contributed by atoms with Crippen LogP contribution in [0.2, 0.25) is 5.02 Å². The van der Waals surface area contributed by atoms with Crippen molar-refractivity contribution >= 4 is 63.8 Å². The number of alkyl halides is 3. The van der Waals surface area contributed by atoms with Crippen molar-refractivity contribution in [2.24, 2.45) is 5.92 Å². The molecule has 198 valence electrons. The molecule has 2 atom stereocenters. The van der Waals surface area contributed by atoms with Crippen LogP contribution in [0.1, 0.15) is 24.3 Å². The number of nitrogens with one attached hydrogen (secondary N) is 1. The van der Waals surface area contributed by atoms with Gasteiger partial charge in [-0.3, -0.25) is 23.7 Å². The summed E-state index contributed by atoms with van der Waals surface area (Å²) in [5.41, 5.74) is -2.19. The van der Waals surface area contributed by atoms with E-state index >= 15 is 0 Å². The van der Waals surface area contributed by atoms with Crippen molar-refractivity contribution in [3.8, 4) is 0 Å². The number of hydrogen-bond donors (Lipinski definition) is 1. The molecule has 1 N–H and O–H groups in total. The molecule has 3 amide bonds. The first-order valence-electron chi connectivity index (χ1n) is 11.3. The summed E-state index contributed by atoms with van der Waals surface area (Å²) in [7, 11) is 0. The van der Waals surface area contributed by atoms with Gasteiger partial charge in [0, 0.05) is 21.0 Å². The van der Waals surface area contributed by atoms with Gasteiger partial charge in [0.05, 0.1) is 22.2 Å². The Bertz CT molecular complexity index is 1530. The number of rotatable bonds is 4. The fourth-order valence-electron chi connectivity index (χ4n) is 4.79. The minimum atomic E-state index is -4.77. The van der Waals surface area contributed by atoms with E-state index in [9.17, 15) is 32.3 Å². The third-order valence-corrected chi connectivity index (χ3v) is 9.66. The van der Waals surface area contributed by atoms with Crippen molar-refractivity contribution in [1.29, 1.82) is 0 Å². The van der Waals surface area contributed by atoms with Crippen LogP contribution in [-0.4, -0.2) is 27.5 Å². The standard InChI is InChI=1S/C25H19ClF3N3O4S2/c1-24(2)17-18(21(35)32(20(17)34)15-6-4-3-5-14(15)25(27,28)29)37-22-19(24)38-23(36)31(22)11-16(33)30-13-9-7-12(26)8-10-13/h3-10,17-18H,11H2,1-2H3,(H,30,33)/t17-,18+/m1/s1. The highest BCUT2D eigenvalue weighted by molar-refractivity contribution is 8.00. The zero-order valence-electron chi connectivity index (χ0n) is 19.8. The summed E-state index contributed by atoms with van der Waals surface area (Å²) in [6, 6.07) is 10.8. The predicted octanol–water partition coefficient (Wildman–Crippen LogP) is 5.16. The second-order valence-corrected chi connectivity index (χ2v) is 11.9. The Hall–Kier alpha value is -3.09. The molecular weight excluding hydrogens is 563 g/mol. The van der Waals surface area contributed by atoms with Crippen LogP contribution in [0.15, 0.2) is 58.4 Å². The molecule has 3 aromatic rings. The van der Waals surface area contributed by atoms with Crippen molar-refractivity contribution in [2.75, 3.05) is 10.2 Å². The van der Waals surface area contributed by atoms with E-state index in [0.29, 0.717) is 25.5 Å². The van der Waals surface area contributed by atoms with Crippen LogP contribution in [0, 0.1) is 5.92 Å². The van der Waals surface area contributed by atoms with E-state index in [2.05, 4.69) is 5.32 Å². The fraction of sp³-hybridized carbons (Fsp3) is 0.280. The molecule has 1 fully saturated rings. The Morgan fingerprint density at radius 1 is 1.05 bits per heavy atom. The highest BCUT2D eigenvalue weighted by Gasteiger charge is 2.60. The van der Waals surface area contributed by atoms with Gasteiger partial charge in [0.15, 0.2) is 0 Å². The van der Waals surface area contributed by atoms with Crippen LogP contribution in [0.5, 0.6) is 0 Å². The van der Waals surface area contributed by atoms with Gasteiger partial charge >= 0.3 is 11.0 Å². The molecule has 2 aromatic carbocycles. The molecule has 1 saturated heterocycles. The first kappa shape index (κ1) is 26.5. The first-order valence-corrected chi connectivity index (χ1v) is 13.4. The number of thioether (sulfide) groups is 1. The number of imide groups is 1. The number of halogens is 4. The summed E-state index contributed by atoms with van der Waals surface area (Å²) in [5.74, 6) is -3.04. The van der Waals surface area contributed by atoms with E-state index in [1.165, 1.54) is 16.7 Å². The first-order chi connectivity index (χ1) is 17.8. The van der Waals surface area contributed by atoms with Crippen LogP contribution < -0.4 is 15.1 Å².